The Labute approximate surface area is 197 Å². The molecule has 0 N–H and O–H groups in total. The molecule has 0 bridgehead atoms. The van der Waals surface area contributed by atoms with Gasteiger partial charge in [-0.2, -0.15) is 4.99 Å². The minimum absolute atomic E-state index is 0.113. The first-order chi connectivity index (χ1) is 15.7. The first-order valence-corrected chi connectivity index (χ1v) is 12.8. The van der Waals surface area contributed by atoms with Crippen molar-refractivity contribution in [3.05, 3.63) is 88.2 Å². The molecule has 0 radical (unpaired) electrons. The van der Waals surface area contributed by atoms with E-state index in [0.29, 0.717) is 22.6 Å². The molecule has 0 atom stereocenters. The molecule has 0 spiro atoms. The number of amides is 1. The number of aromatic nitrogens is 1. The highest BCUT2D eigenvalue weighted by molar-refractivity contribution is 7.92. The van der Waals surface area contributed by atoms with E-state index in [1.54, 1.807) is 24.3 Å². The number of aryl methyl sites for hydroxylation is 3. The van der Waals surface area contributed by atoms with Crippen LogP contribution in [0.5, 0.6) is 0 Å². The molecule has 0 saturated heterocycles. The molecule has 4 aromatic rings. The Hall–Kier alpha value is -3.23. The number of rotatable bonds is 5. The topological polar surface area (TPSA) is 71.7 Å². The summed E-state index contributed by atoms with van der Waals surface area (Å²) < 4.78 is 30.3. The van der Waals surface area contributed by atoms with Gasteiger partial charge in [-0.15, -0.1) is 0 Å². The number of para-hydroxylation sites is 1. The number of sulfonamides is 1. The number of nitrogens with zero attached hydrogens (tertiary/aromatic N) is 3. The number of hydrogen-bond acceptors (Lipinski definition) is 4. The summed E-state index contributed by atoms with van der Waals surface area (Å²) in [5.41, 5.74) is 4.28. The molecule has 1 aromatic heterocycles. The summed E-state index contributed by atoms with van der Waals surface area (Å²) in [5.74, 6) is -0.404. The van der Waals surface area contributed by atoms with Crippen LogP contribution in [0.2, 0.25) is 0 Å². The van der Waals surface area contributed by atoms with Gasteiger partial charge >= 0.3 is 0 Å². The van der Waals surface area contributed by atoms with Crippen molar-refractivity contribution in [2.75, 3.05) is 11.4 Å². The minimum atomic E-state index is -3.74. The van der Waals surface area contributed by atoms with Crippen molar-refractivity contribution >= 4 is 43.2 Å². The average Bonchev–Trinajstić information content (AvgIpc) is 3.16. The van der Waals surface area contributed by atoms with Crippen molar-refractivity contribution in [2.24, 2.45) is 4.99 Å². The molecule has 1 amide bonds. The summed E-state index contributed by atoms with van der Waals surface area (Å²) in [6.07, 6.45) is 0. The quantitative estimate of drug-likeness (QED) is 0.408. The maximum Gasteiger partial charge on any atom is 0.279 e. The number of anilines is 1. The highest BCUT2D eigenvalue weighted by Crippen LogP contribution is 2.24. The molecule has 0 unspecified atom stereocenters. The molecule has 0 aliphatic carbocycles. The van der Waals surface area contributed by atoms with Gasteiger partial charge < -0.3 is 4.57 Å². The smallest absolute Gasteiger partial charge is 0.279 e. The molecule has 33 heavy (non-hydrogen) atoms. The summed E-state index contributed by atoms with van der Waals surface area (Å²) in [6, 6.07) is 19.0. The molecule has 0 aliphatic rings. The molecule has 170 valence electrons. The van der Waals surface area contributed by atoms with Gasteiger partial charge in [0.1, 0.15) is 0 Å². The van der Waals surface area contributed by atoms with E-state index in [-0.39, 0.29) is 4.90 Å². The van der Waals surface area contributed by atoms with E-state index in [1.165, 1.54) is 47.0 Å². The first-order valence-electron chi connectivity index (χ1n) is 10.6. The molecule has 6 nitrogen and oxygen atoms in total. The van der Waals surface area contributed by atoms with Gasteiger partial charge in [0.05, 0.1) is 20.8 Å². The summed E-state index contributed by atoms with van der Waals surface area (Å²) in [7, 11) is -2.23. The number of hydrogen-bond donors (Lipinski definition) is 0. The first kappa shape index (κ1) is 22.9. The SMILES string of the molecule is CCn1c(=NC(=O)c2ccc(S(=O)(=O)N(C)c3ccccc3)cc2)sc2c(C)cc(C)cc21. The number of carbonyl (C=O) groups excluding carboxylic acids is 1. The molecule has 4 rings (SSSR count). The second kappa shape index (κ2) is 8.96. The van der Waals surface area contributed by atoms with Crippen molar-refractivity contribution in [3.8, 4) is 0 Å². The van der Waals surface area contributed by atoms with Crippen LogP contribution in [0, 0.1) is 13.8 Å². The summed E-state index contributed by atoms with van der Waals surface area (Å²) in [4.78, 5) is 18.0. The van der Waals surface area contributed by atoms with Gasteiger partial charge in [0.25, 0.3) is 15.9 Å². The highest BCUT2D eigenvalue weighted by Gasteiger charge is 2.21. The van der Waals surface area contributed by atoms with Crippen molar-refractivity contribution in [1.29, 1.82) is 0 Å². The van der Waals surface area contributed by atoms with E-state index in [9.17, 15) is 13.2 Å². The van der Waals surface area contributed by atoms with E-state index in [0.717, 1.165) is 21.3 Å². The fraction of sp³-hybridized carbons (Fsp3) is 0.200. The Bertz CT molecular complexity index is 1500. The lowest BCUT2D eigenvalue weighted by Crippen LogP contribution is -2.26. The molecule has 8 heteroatoms. The van der Waals surface area contributed by atoms with Crippen LogP contribution in [0.1, 0.15) is 28.4 Å². The van der Waals surface area contributed by atoms with Gasteiger partial charge in [0.15, 0.2) is 4.80 Å². The van der Waals surface area contributed by atoms with Crippen LogP contribution >= 0.6 is 11.3 Å². The summed E-state index contributed by atoms with van der Waals surface area (Å²) in [6.45, 7) is 6.83. The standard InChI is InChI=1S/C25H25N3O3S2/c1-5-28-22-16-17(2)15-18(3)23(22)32-25(28)26-24(29)19-11-13-21(14-12-19)33(30,31)27(4)20-9-7-6-8-10-20/h6-16H,5H2,1-4H3. The fourth-order valence-electron chi connectivity index (χ4n) is 3.76. The van der Waals surface area contributed by atoms with Crippen molar-refractivity contribution in [2.45, 2.75) is 32.2 Å². The third-order valence-electron chi connectivity index (χ3n) is 5.51. The van der Waals surface area contributed by atoms with E-state index in [1.807, 2.05) is 17.6 Å². The predicted octanol–water partition coefficient (Wildman–Crippen LogP) is 4.91. The van der Waals surface area contributed by atoms with Gasteiger partial charge in [-0.3, -0.25) is 9.10 Å². The highest BCUT2D eigenvalue weighted by atomic mass is 32.2. The second-order valence-corrected chi connectivity index (χ2v) is 10.8. The van der Waals surface area contributed by atoms with E-state index in [2.05, 4.69) is 31.0 Å². The van der Waals surface area contributed by atoms with Crippen LogP contribution in [0.15, 0.2) is 76.6 Å². The molecule has 0 saturated carbocycles. The van der Waals surface area contributed by atoms with Crippen molar-refractivity contribution in [3.63, 3.8) is 0 Å². The zero-order chi connectivity index (χ0) is 23.8. The third kappa shape index (κ3) is 4.36. The van der Waals surface area contributed by atoms with E-state index < -0.39 is 15.9 Å². The summed E-state index contributed by atoms with van der Waals surface area (Å²) >= 11 is 1.49. The maximum atomic E-state index is 13.0. The molecule has 3 aromatic carbocycles. The Morgan fingerprint density at radius 2 is 1.70 bits per heavy atom. The largest absolute Gasteiger partial charge is 0.317 e. The van der Waals surface area contributed by atoms with Gasteiger partial charge in [-0.05, 0) is 74.4 Å². The molecule has 0 fully saturated rings. The Kier molecular flexibility index (Phi) is 6.23. The molecule has 0 aliphatic heterocycles. The zero-order valence-corrected chi connectivity index (χ0v) is 20.6. The van der Waals surface area contributed by atoms with Gasteiger partial charge in [-0.25, -0.2) is 8.42 Å². The van der Waals surface area contributed by atoms with Gasteiger partial charge in [0.2, 0.25) is 0 Å². The molecular formula is C25H25N3O3S2. The van der Waals surface area contributed by atoms with Gasteiger partial charge in [0, 0.05) is 19.2 Å². The predicted molar refractivity (Wildman–Crippen MR) is 133 cm³/mol. The van der Waals surface area contributed by atoms with Crippen LogP contribution < -0.4 is 9.11 Å². The lowest BCUT2D eigenvalue weighted by Gasteiger charge is -2.19. The second-order valence-electron chi connectivity index (χ2n) is 7.81. The third-order valence-corrected chi connectivity index (χ3v) is 8.54. The Morgan fingerprint density at radius 3 is 2.33 bits per heavy atom. The number of fused-ring (bicyclic) bond motifs is 1. The lowest BCUT2D eigenvalue weighted by molar-refractivity contribution is 0.0997. The number of benzene rings is 3. The van der Waals surface area contributed by atoms with Crippen molar-refractivity contribution < 1.29 is 13.2 Å². The number of carbonyl (C=O) groups is 1. The van der Waals surface area contributed by atoms with Gasteiger partial charge in [-0.1, -0.05) is 35.6 Å². The Morgan fingerprint density at radius 1 is 1.03 bits per heavy atom. The fourth-order valence-corrected chi connectivity index (χ4v) is 6.10. The van der Waals surface area contributed by atoms with Crippen molar-refractivity contribution in [1.82, 2.24) is 4.57 Å². The maximum absolute atomic E-state index is 13.0. The molecule has 1 heterocycles. The van der Waals surface area contributed by atoms with E-state index in [4.69, 9.17) is 0 Å². The molecular weight excluding hydrogens is 454 g/mol. The normalized spacial score (nSPS) is 12.3. The van der Waals surface area contributed by atoms with Crippen LogP contribution in [0.25, 0.3) is 10.2 Å². The average molecular weight is 480 g/mol. The minimum Gasteiger partial charge on any atom is -0.317 e. The van der Waals surface area contributed by atoms with Crippen LogP contribution in [0.4, 0.5) is 5.69 Å². The van der Waals surface area contributed by atoms with Crippen LogP contribution in [0.3, 0.4) is 0 Å². The van der Waals surface area contributed by atoms with Crippen LogP contribution in [-0.2, 0) is 16.6 Å². The van der Waals surface area contributed by atoms with E-state index >= 15 is 0 Å². The lowest BCUT2D eigenvalue weighted by atomic mass is 10.1. The number of thiazole rings is 1. The summed E-state index contributed by atoms with van der Waals surface area (Å²) in [5, 5.41) is 0. The Balaban J connectivity index is 1.67. The zero-order valence-electron chi connectivity index (χ0n) is 18.9. The monoisotopic (exact) mass is 479 g/mol. The van der Waals surface area contributed by atoms with Crippen LogP contribution in [-0.4, -0.2) is 25.9 Å².